The normalized spacial score (nSPS) is 11.1. The Kier molecular flexibility index (Phi) is 6.13. The number of carbonyl (C=O) groups excluding carboxylic acids is 1. The van der Waals surface area contributed by atoms with Gasteiger partial charge in [-0.05, 0) is 34.9 Å². The van der Waals surface area contributed by atoms with Crippen LogP contribution in [0.25, 0.3) is 0 Å². The fourth-order valence-corrected chi connectivity index (χ4v) is 2.87. The van der Waals surface area contributed by atoms with E-state index in [9.17, 15) is 4.79 Å². The molecule has 0 bridgehead atoms. The highest BCUT2D eigenvalue weighted by molar-refractivity contribution is 5.91. The van der Waals surface area contributed by atoms with Crippen LogP contribution in [-0.4, -0.2) is 5.91 Å². The van der Waals surface area contributed by atoms with E-state index < -0.39 is 0 Å². The third-order valence-corrected chi connectivity index (χ3v) is 4.33. The maximum absolute atomic E-state index is 12.6. The van der Waals surface area contributed by atoms with Crippen LogP contribution < -0.4 is 9.88 Å². The summed E-state index contributed by atoms with van der Waals surface area (Å²) in [5.41, 5.74) is 4.65. The number of aryl methyl sites for hydroxylation is 1. The first-order valence-electron chi connectivity index (χ1n) is 8.83. The average molecular weight is 325 g/mol. The van der Waals surface area contributed by atoms with Gasteiger partial charge in [0.25, 0.3) is 5.91 Å². The molecule has 0 atom stereocenters. The fourth-order valence-electron chi connectivity index (χ4n) is 2.87. The van der Waals surface area contributed by atoms with Crippen molar-refractivity contribution in [1.29, 1.82) is 0 Å². The quantitative estimate of drug-likeness (QED) is 0.784. The Labute approximate surface area is 145 Å². The predicted octanol–water partition coefficient (Wildman–Crippen LogP) is 4.42. The largest absolute Gasteiger partial charge is 0.320 e. The smallest absolute Gasteiger partial charge is 0.290 e. The minimum Gasteiger partial charge on any atom is -0.320 e. The molecule has 24 heavy (non-hydrogen) atoms. The van der Waals surface area contributed by atoms with Gasteiger partial charge in [0, 0.05) is 17.8 Å². The molecule has 0 radical (unpaired) electrons. The van der Waals surface area contributed by atoms with E-state index >= 15 is 0 Å². The number of aromatic nitrogens is 1. The Morgan fingerprint density at radius 2 is 1.54 bits per heavy atom. The molecule has 0 aliphatic carbocycles. The SMILES string of the molecule is CCc1cc[n+](CC(=O)Nc2c(C(C)C)cccc2C(C)C)cc1. The standard InChI is InChI=1S/C21H28N2O/c1-6-17-10-12-23(13-11-17)14-20(24)22-21-18(15(2)3)8-7-9-19(21)16(4)5/h7-13,15-16H,6,14H2,1-5H3/p+1. The van der Waals surface area contributed by atoms with Crippen molar-refractivity contribution in [2.24, 2.45) is 0 Å². The lowest BCUT2D eigenvalue weighted by molar-refractivity contribution is -0.684. The Morgan fingerprint density at radius 3 is 2.00 bits per heavy atom. The van der Waals surface area contributed by atoms with E-state index in [1.807, 2.05) is 17.0 Å². The zero-order chi connectivity index (χ0) is 17.7. The zero-order valence-electron chi connectivity index (χ0n) is 15.5. The van der Waals surface area contributed by atoms with Crippen LogP contribution in [0.3, 0.4) is 0 Å². The number of carbonyl (C=O) groups is 1. The second-order valence-corrected chi connectivity index (χ2v) is 6.90. The Hall–Kier alpha value is -2.16. The van der Waals surface area contributed by atoms with Gasteiger partial charge in [0.05, 0.1) is 0 Å². The first-order chi connectivity index (χ1) is 11.4. The third kappa shape index (κ3) is 4.44. The van der Waals surface area contributed by atoms with Crippen molar-refractivity contribution in [2.45, 2.75) is 59.4 Å². The molecule has 2 aromatic rings. The minimum atomic E-state index is 0.0132. The maximum atomic E-state index is 12.6. The molecule has 1 heterocycles. The highest BCUT2D eigenvalue weighted by Crippen LogP contribution is 2.32. The molecule has 3 nitrogen and oxygen atoms in total. The Balaban J connectivity index is 2.21. The summed E-state index contributed by atoms with van der Waals surface area (Å²) < 4.78 is 1.92. The topological polar surface area (TPSA) is 33.0 Å². The van der Waals surface area contributed by atoms with Crippen LogP contribution in [0.2, 0.25) is 0 Å². The summed E-state index contributed by atoms with van der Waals surface area (Å²) in [5, 5.41) is 3.16. The van der Waals surface area contributed by atoms with Gasteiger partial charge in [-0.25, -0.2) is 0 Å². The molecule has 1 aromatic carbocycles. The van der Waals surface area contributed by atoms with Crippen LogP contribution in [0, 0.1) is 0 Å². The summed E-state index contributed by atoms with van der Waals surface area (Å²) in [6.07, 6.45) is 4.94. The summed E-state index contributed by atoms with van der Waals surface area (Å²) in [6, 6.07) is 10.4. The molecule has 1 aromatic heterocycles. The molecule has 0 aliphatic rings. The summed E-state index contributed by atoms with van der Waals surface area (Å²) in [4.78, 5) is 12.6. The number of nitrogens with one attached hydrogen (secondary N) is 1. The number of hydrogen-bond donors (Lipinski definition) is 1. The molecular weight excluding hydrogens is 296 g/mol. The lowest BCUT2D eigenvalue weighted by Gasteiger charge is -2.19. The molecule has 0 aliphatic heterocycles. The van der Waals surface area contributed by atoms with Gasteiger partial charge in [-0.1, -0.05) is 52.8 Å². The van der Waals surface area contributed by atoms with E-state index in [4.69, 9.17) is 0 Å². The lowest BCUT2D eigenvalue weighted by atomic mass is 9.92. The van der Waals surface area contributed by atoms with Crippen LogP contribution in [0.1, 0.15) is 63.1 Å². The molecule has 2 rings (SSSR count). The molecule has 0 fully saturated rings. The molecule has 1 amide bonds. The van der Waals surface area contributed by atoms with E-state index in [1.165, 1.54) is 16.7 Å². The second-order valence-electron chi connectivity index (χ2n) is 6.90. The van der Waals surface area contributed by atoms with E-state index in [0.29, 0.717) is 18.4 Å². The monoisotopic (exact) mass is 325 g/mol. The lowest BCUT2D eigenvalue weighted by Crippen LogP contribution is -2.39. The predicted molar refractivity (Wildman–Crippen MR) is 99.3 cm³/mol. The summed E-state index contributed by atoms with van der Waals surface area (Å²) in [6.45, 7) is 11.1. The van der Waals surface area contributed by atoms with Gasteiger partial charge in [0.2, 0.25) is 6.54 Å². The first-order valence-corrected chi connectivity index (χ1v) is 8.83. The molecule has 128 valence electrons. The summed E-state index contributed by atoms with van der Waals surface area (Å²) in [7, 11) is 0. The van der Waals surface area contributed by atoms with Crippen molar-refractivity contribution in [3.05, 3.63) is 59.4 Å². The van der Waals surface area contributed by atoms with Crippen molar-refractivity contribution < 1.29 is 9.36 Å². The van der Waals surface area contributed by atoms with E-state index in [0.717, 1.165) is 12.1 Å². The number of rotatable bonds is 6. The Bertz CT molecular complexity index is 661. The zero-order valence-corrected chi connectivity index (χ0v) is 15.5. The molecule has 1 N–H and O–H groups in total. The highest BCUT2D eigenvalue weighted by atomic mass is 16.1. The Morgan fingerprint density at radius 1 is 1.00 bits per heavy atom. The van der Waals surface area contributed by atoms with Crippen LogP contribution in [0.5, 0.6) is 0 Å². The van der Waals surface area contributed by atoms with Crippen molar-refractivity contribution in [1.82, 2.24) is 0 Å². The molecule has 0 spiro atoms. The van der Waals surface area contributed by atoms with Crippen molar-refractivity contribution >= 4 is 11.6 Å². The second kappa shape index (κ2) is 8.09. The highest BCUT2D eigenvalue weighted by Gasteiger charge is 2.17. The van der Waals surface area contributed by atoms with Crippen LogP contribution in [0.15, 0.2) is 42.7 Å². The number of anilines is 1. The summed E-state index contributed by atoms with van der Waals surface area (Å²) in [5.74, 6) is 0.755. The van der Waals surface area contributed by atoms with Gasteiger partial charge >= 0.3 is 0 Å². The van der Waals surface area contributed by atoms with Gasteiger partial charge in [0.15, 0.2) is 12.4 Å². The molecule has 3 heteroatoms. The van der Waals surface area contributed by atoms with Gasteiger partial charge in [-0.15, -0.1) is 0 Å². The van der Waals surface area contributed by atoms with Crippen molar-refractivity contribution in [3.8, 4) is 0 Å². The average Bonchev–Trinajstić information content (AvgIpc) is 2.55. The van der Waals surface area contributed by atoms with Crippen molar-refractivity contribution in [2.75, 3.05) is 5.32 Å². The fraction of sp³-hybridized carbons (Fsp3) is 0.429. The van der Waals surface area contributed by atoms with Gasteiger partial charge < -0.3 is 5.32 Å². The van der Waals surface area contributed by atoms with Crippen LogP contribution >= 0.6 is 0 Å². The molecule has 0 saturated carbocycles. The van der Waals surface area contributed by atoms with Gasteiger partial charge in [0.1, 0.15) is 0 Å². The van der Waals surface area contributed by atoms with Crippen molar-refractivity contribution in [3.63, 3.8) is 0 Å². The number of hydrogen-bond acceptors (Lipinski definition) is 1. The number of nitrogens with zero attached hydrogens (tertiary/aromatic N) is 1. The van der Waals surface area contributed by atoms with Gasteiger partial charge in [-0.2, -0.15) is 4.57 Å². The van der Waals surface area contributed by atoms with Crippen LogP contribution in [-0.2, 0) is 17.8 Å². The molecule has 0 unspecified atom stereocenters. The van der Waals surface area contributed by atoms with E-state index in [-0.39, 0.29) is 5.91 Å². The summed E-state index contributed by atoms with van der Waals surface area (Å²) >= 11 is 0. The number of amides is 1. The number of pyridine rings is 1. The van der Waals surface area contributed by atoms with Crippen LogP contribution in [0.4, 0.5) is 5.69 Å². The number of para-hydroxylation sites is 1. The third-order valence-electron chi connectivity index (χ3n) is 4.33. The number of benzene rings is 1. The maximum Gasteiger partial charge on any atom is 0.290 e. The van der Waals surface area contributed by atoms with E-state index in [2.05, 4.69) is 70.3 Å². The molecule has 0 saturated heterocycles. The van der Waals surface area contributed by atoms with Gasteiger partial charge in [-0.3, -0.25) is 4.79 Å². The molecular formula is C21H29N2O+. The van der Waals surface area contributed by atoms with E-state index in [1.54, 1.807) is 0 Å². The first kappa shape index (κ1) is 18.2. The minimum absolute atomic E-state index is 0.0132.